The van der Waals surface area contributed by atoms with E-state index in [-0.39, 0.29) is 6.10 Å². The van der Waals surface area contributed by atoms with E-state index < -0.39 is 0 Å². The monoisotopic (exact) mass is 289 g/mol. The highest BCUT2D eigenvalue weighted by Gasteiger charge is 2.27. The number of hydrogen-bond donors (Lipinski definition) is 0. The number of piperidine rings is 1. The molecule has 1 unspecified atom stereocenters. The first-order chi connectivity index (χ1) is 10.3. The summed E-state index contributed by atoms with van der Waals surface area (Å²) in [7, 11) is 0. The smallest absolute Gasteiger partial charge is 0.316 e. The van der Waals surface area contributed by atoms with Crippen LogP contribution in [0, 0.1) is 5.92 Å². The van der Waals surface area contributed by atoms with Gasteiger partial charge in [-0.05, 0) is 37.7 Å². The van der Waals surface area contributed by atoms with E-state index in [1.54, 1.807) is 18.5 Å². The lowest BCUT2D eigenvalue weighted by molar-refractivity contribution is -0.134. The summed E-state index contributed by atoms with van der Waals surface area (Å²) in [5.74, 6) is 0.903. The second-order valence-electron chi connectivity index (χ2n) is 6.11. The molecule has 0 N–H and O–H groups in total. The van der Waals surface area contributed by atoms with Gasteiger partial charge in [-0.2, -0.15) is 0 Å². The molecule has 1 saturated heterocycles. The van der Waals surface area contributed by atoms with Crippen molar-refractivity contribution < 1.29 is 9.53 Å². The Morgan fingerprint density at radius 3 is 2.71 bits per heavy atom. The van der Waals surface area contributed by atoms with E-state index in [1.165, 1.54) is 25.7 Å². The van der Waals surface area contributed by atoms with Gasteiger partial charge in [0.1, 0.15) is 6.10 Å². The fraction of sp³-hybridized carbons (Fsp3) is 0.688. The third-order valence-electron chi connectivity index (χ3n) is 4.48. The van der Waals surface area contributed by atoms with Crippen molar-refractivity contribution in [2.24, 2.45) is 5.92 Å². The number of ether oxygens (including phenoxy) is 1. The lowest BCUT2D eigenvalue weighted by Crippen LogP contribution is -2.44. The van der Waals surface area contributed by atoms with Crippen molar-refractivity contribution in [3.63, 3.8) is 0 Å². The van der Waals surface area contributed by atoms with E-state index >= 15 is 0 Å². The third kappa shape index (κ3) is 3.93. The number of aromatic nitrogens is 2. The zero-order valence-electron chi connectivity index (χ0n) is 12.4. The van der Waals surface area contributed by atoms with Crippen LogP contribution in [-0.4, -0.2) is 40.0 Å². The van der Waals surface area contributed by atoms with Crippen molar-refractivity contribution in [1.82, 2.24) is 14.9 Å². The predicted octanol–water partition coefficient (Wildman–Crippen LogP) is 2.43. The van der Waals surface area contributed by atoms with Crippen molar-refractivity contribution in [2.45, 2.75) is 51.0 Å². The van der Waals surface area contributed by atoms with E-state index in [0.29, 0.717) is 30.8 Å². The Kier molecular flexibility index (Phi) is 4.68. The van der Waals surface area contributed by atoms with Crippen molar-refractivity contribution in [1.29, 1.82) is 0 Å². The number of likely N-dealkylation sites (tertiary alicyclic amines) is 1. The SMILES string of the molecule is O=C(CC1CCCC1)N1CCCC(Oc2ncccn2)C1. The van der Waals surface area contributed by atoms with E-state index in [9.17, 15) is 4.79 Å². The van der Waals surface area contributed by atoms with Crippen LogP contribution in [0.2, 0.25) is 0 Å². The summed E-state index contributed by atoms with van der Waals surface area (Å²) in [6, 6.07) is 2.18. The minimum atomic E-state index is 0.0219. The van der Waals surface area contributed by atoms with Crippen LogP contribution in [0.15, 0.2) is 18.5 Å². The average Bonchev–Trinajstić information content (AvgIpc) is 3.01. The van der Waals surface area contributed by atoms with Gasteiger partial charge >= 0.3 is 6.01 Å². The van der Waals surface area contributed by atoms with Gasteiger partial charge in [0.25, 0.3) is 0 Å². The molecule has 0 bridgehead atoms. The highest BCUT2D eigenvalue weighted by molar-refractivity contribution is 5.76. The van der Waals surface area contributed by atoms with E-state index in [4.69, 9.17) is 4.74 Å². The van der Waals surface area contributed by atoms with Gasteiger partial charge in [0.15, 0.2) is 0 Å². The number of amides is 1. The first-order valence-electron chi connectivity index (χ1n) is 8.03. The molecule has 2 heterocycles. The van der Waals surface area contributed by atoms with Crippen LogP contribution in [0.1, 0.15) is 44.9 Å². The second-order valence-corrected chi connectivity index (χ2v) is 6.11. The molecule has 1 saturated carbocycles. The highest BCUT2D eigenvalue weighted by Crippen LogP contribution is 2.28. The molecule has 0 radical (unpaired) electrons. The first kappa shape index (κ1) is 14.3. The zero-order chi connectivity index (χ0) is 14.5. The minimum Gasteiger partial charge on any atom is -0.458 e. The van der Waals surface area contributed by atoms with Crippen molar-refractivity contribution >= 4 is 5.91 Å². The maximum absolute atomic E-state index is 12.4. The van der Waals surface area contributed by atoms with Crippen molar-refractivity contribution in [2.75, 3.05) is 13.1 Å². The van der Waals surface area contributed by atoms with E-state index in [0.717, 1.165) is 19.4 Å². The molecule has 0 spiro atoms. The number of nitrogens with zero attached hydrogens (tertiary/aromatic N) is 3. The molecular formula is C16H23N3O2. The molecule has 2 fully saturated rings. The van der Waals surface area contributed by atoms with E-state index in [2.05, 4.69) is 9.97 Å². The van der Waals surface area contributed by atoms with Crippen LogP contribution in [0.3, 0.4) is 0 Å². The Hall–Kier alpha value is -1.65. The number of hydrogen-bond acceptors (Lipinski definition) is 4. The van der Waals surface area contributed by atoms with Crippen LogP contribution in [0.4, 0.5) is 0 Å². The molecule has 1 atom stereocenters. The minimum absolute atomic E-state index is 0.0219. The van der Waals surface area contributed by atoms with Crippen LogP contribution < -0.4 is 4.74 Å². The number of carbonyl (C=O) groups is 1. The van der Waals surface area contributed by atoms with Crippen LogP contribution in [0.5, 0.6) is 6.01 Å². The normalized spacial score (nSPS) is 23.2. The summed E-state index contributed by atoms with van der Waals surface area (Å²) in [6.45, 7) is 1.53. The molecule has 0 aromatic carbocycles. The Morgan fingerprint density at radius 2 is 1.95 bits per heavy atom. The fourth-order valence-electron chi connectivity index (χ4n) is 3.35. The molecule has 21 heavy (non-hydrogen) atoms. The Bertz CT molecular complexity index is 460. The predicted molar refractivity (Wildman–Crippen MR) is 78.8 cm³/mol. The van der Waals surface area contributed by atoms with Gasteiger partial charge < -0.3 is 9.64 Å². The molecule has 2 aliphatic rings. The lowest BCUT2D eigenvalue weighted by atomic mass is 10.0. The maximum atomic E-state index is 12.4. The molecule has 1 aromatic rings. The van der Waals surface area contributed by atoms with Crippen molar-refractivity contribution in [3.05, 3.63) is 18.5 Å². The van der Waals surface area contributed by atoms with Gasteiger partial charge in [-0.25, -0.2) is 9.97 Å². The summed E-state index contributed by atoms with van der Waals surface area (Å²) in [5, 5.41) is 0. The molecule has 1 aromatic heterocycles. The summed E-state index contributed by atoms with van der Waals surface area (Å²) >= 11 is 0. The van der Waals surface area contributed by atoms with Gasteiger partial charge in [0.2, 0.25) is 5.91 Å². The topological polar surface area (TPSA) is 55.3 Å². The largest absolute Gasteiger partial charge is 0.458 e. The number of rotatable bonds is 4. The molecule has 114 valence electrons. The first-order valence-corrected chi connectivity index (χ1v) is 8.03. The third-order valence-corrected chi connectivity index (χ3v) is 4.48. The van der Waals surface area contributed by atoms with Gasteiger partial charge in [0, 0.05) is 25.4 Å². The molecule has 1 amide bonds. The molecular weight excluding hydrogens is 266 g/mol. The Balaban J connectivity index is 1.51. The van der Waals surface area contributed by atoms with Gasteiger partial charge in [-0.1, -0.05) is 12.8 Å². The summed E-state index contributed by atoms with van der Waals surface area (Å²) in [6.07, 6.45) is 11.1. The van der Waals surface area contributed by atoms with Gasteiger partial charge in [-0.3, -0.25) is 4.79 Å². The zero-order valence-corrected chi connectivity index (χ0v) is 12.4. The Morgan fingerprint density at radius 1 is 1.19 bits per heavy atom. The maximum Gasteiger partial charge on any atom is 0.316 e. The molecule has 5 nitrogen and oxygen atoms in total. The fourth-order valence-corrected chi connectivity index (χ4v) is 3.35. The summed E-state index contributed by atoms with van der Waals surface area (Å²) in [4.78, 5) is 22.5. The molecule has 3 rings (SSSR count). The Labute approximate surface area is 125 Å². The molecule has 1 aliphatic heterocycles. The second kappa shape index (κ2) is 6.87. The van der Waals surface area contributed by atoms with Crippen LogP contribution in [-0.2, 0) is 4.79 Å². The highest BCUT2D eigenvalue weighted by atomic mass is 16.5. The van der Waals surface area contributed by atoms with Crippen molar-refractivity contribution in [3.8, 4) is 6.01 Å². The lowest BCUT2D eigenvalue weighted by Gasteiger charge is -2.33. The molecule has 1 aliphatic carbocycles. The van der Waals surface area contributed by atoms with Gasteiger partial charge in [-0.15, -0.1) is 0 Å². The summed E-state index contributed by atoms with van der Waals surface area (Å²) < 4.78 is 5.79. The van der Waals surface area contributed by atoms with Gasteiger partial charge in [0.05, 0.1) is 6.54 Å². The molecule has 5 heteroatoms. The summed E-state index contributed by atoms with van der Waals surface area (Å²) in [5.41, 5.74) is 0. The number of carbonyl (C=O) groups excluding carboxylic acids is 1. The van der Waals surface area contributed by atoms with Crippen LogP contribution in [0.25, 0.3) is 0 Å². The van der Waals surface area contributed by atoms with Crippen LogP contribution >= 0.6 is 0 Å². The quantitative estimate of drug-likeness (QED) is 0.854. The van der Waals surface area contributed by atoms with E-state index in [1.807, 2.05) is 4.90 Å². The average molecular weight is 289 g/mol. The standard InChI is InChI=1S/C16H23N3O2/c20-15(11-13-5-1-2-6-13)19-10-3-7-14(12-19)21-16-17-8-4-9-18-16/h4,8-9,13-14H,1-3,5-7,10-12H2.